The van der Waals surface area contributed by atoms with Gasteiger partial charge in [-0.05, 0) is 19.8 Å². The van der Waals surface area contributed by atoms with E-state index in [-0.39, 0.29) is 6.10 Å². The third kappa shape index (κ3) is 8.01. The second kappa shape index (κ2) is 8.32. The zero-order valence-corrected chi connectivity index (χ0v) is 11.4. The van der Waals surface area contributed by atoms with E-state index < -0.39 is 7.60 Å². The summed E-state index contributed by atoms with van der Waals surface area (Å²) in [5.74, 6) is 0. The zero-order valence-electron chi connectivity index (χ0n) is 10.5. The average Bonchev–Trinajstić information content (AvgIpc) is 2.16. The summed E-state index contributed by atoms with van der Waals surface area (Å²) < 4.78 is 22.4. The molecule has 15 heavy (non-hydrogen) atoms. The number of rotatable bonds is 9. The first-order valence-corrected chi connectivity index (χ1v) is 7.95. The van der Waals surface area contributed by atoms with E-state index in [1.165, 1.54) is 12.8 Å². The van der Waals surface area contributed by atoms with Crippen LogP contribution in [0.3, 0.4) is 0 Å². The molecule has 0 rings (SSSR count). The topological polar surface area (TPSA) is 35.5 Å². The van der Waals surface area contributed by atoms with Crippen LogP contribution in [0.1, 0.15) is 52.9 Å². The molecule has 92 valence electrons. The molecule has 0 aromatic heterocycles. The number of hydrogen-bond acceptors (Lipinski definition) is 3. The molecule has 0 bridgehead atoms. The van der Waals surface area contributed by atoms with E-state index in [1.807, 2.05) is 6.92 Å². The van der Waals surface area contributed by atoms with Gasteiger partial charge in [-0.25, -0.2) is 0 Å². The normalized spacial score (nSPS) is 17.3. The summed E-state index contributed by atoms with van der Waals surface area (Å²) in [5.41, 5.74) is 0. The van der Waals surface area contributed by atoms with Crippen molar-refractivity contribution in [2.45, 2.75) is 59.0 Å². The fourth-order valence-corrected chi connectivity index (χ4v) is 2.82. The molecule has 0 amide bonds. The molecule has 0 aliphatic rings. The van der Waals surface area contributed by atoms with Gasteiger partial charge in [-0.1, -0.05) is 33.1 Å². The Kier molecular flexibility index (Phi) is 8.40. The maximum atomic E-state index is 11.8. The van der Waals surface area contributed by atoms with Gasteiger partial charge in [0, 0.05) is 6.66 Å². The van der Waals surface area contributed by atoms with Crippen LogP contribution in [0.15, 0.2) is 0 Å². The average molecular weight is 236 g/mol. The fourth-order valence-electron chi connectivity index (χ4n) is 1.49. The summed E-state index contributed by atoms with van der Waals surface area (Å²) in [5, 5.41) is 0. The van der Waals surface area contributed by atoms with E-state index in [4.69, 9.17) is 9.05 Å². The highest BCUT2D eigenvalue weighted by Gasteiger charge is 2.21. The summed E-state index contributed by atoms with van der Waals surface area (Å²) in [6, 6.07) is 0. The van der Waals surface area contributed by atoms with Crippen LogP contribution in [0.5, 0.6) is 0 Å². The van der Waals surface area contributed by atoms with Crippen molar-refractivity contribution in [1.82, 2.24) is 0 Å². The molecule has 0 heterocycles. The molecule has 2 atom stereocenters. The largest absolute Gasteiger partial charge is 0.327 e. The van der Waals surface area contributed by atoms with E-state index in [9.17, 15) is 4.57 Å². The SMILES string of the molecule is CCCCCC(CC)OP(C)(=O)OCC. The van der Waals surface area contributed by atoms with Crippen LogP contribution >= 0.6 is 7.60 Å². The van der Waals surface area contributed by atoms with Crippen molar-refractivity contribution in [3.63, 3.8) is 0 Å². The minimum absolute atomic E-state index is 0.0823. The Morgan fingerprint density at radius 2 is 1.87 bits per heavy atom. The molecule has 0 aliphatic carbocycles. The van der Waals surface area contributed by atoms with Gasteiger partial charge < -0.3 is 9.05 Å². The van der Waals surface area contributed by atoms with Crippen LogP contribution in [-0.2, 0) is 13.6 Å². The van der Waals surface area contributed by atoms with Crippen LogP contribution in [0.25, 0.3) is 0 Å². The quantitative estimate of drug-likeness (QED) is 0.444. The predicted octanol–water partition coefficient (Wildman–Crippen LogP) is 4.22. The Hall–Kier alpha value is 0.150. The molecule has 0 saturated heterocycles. The third-order valence-corrected chi connectivity index (χ3v) is 3.70. The summed E-state index contributed by atoms with van der Waals surface area (Å²) in [7, 11) is -2.81. The van der Waals surface area contributed by atoms with Gasteiger partial charge in [-0.15, -0.1) is 0 Å². The lowest BCUT2D eigenvalue weighted by Crippen LogP contribution is -2.11. The number of hydrogen-bond donors (Lipinski definition) is 0. The van der Waals surface area contributed by atoms with Crippen LogP contribution in [0.4, 0.5) is 0 Å². The van der Waals surface area contributed by atoms with Crippen molar-refractivity contribution in [3.8, 4) is 0 Å². The Balaban J connectivity index is 3.91. The molecular weight excluding hydrogens is 211 g/mol. The first kappa shape index (κ1) is 15.2. The van der Waals surface area contributed by atoms with Gasteiger partial charge in [0.2, 0.25) is 0 Å². The highest BCUT2D eigenvalue weighted by Crippen LogP contribution is 2.46. The van der Waals surface area contributed by atoms with Gasteiger partial charge in [0.1, 0.15) is 0 Å². The Labute approximate surface area is 94.1 Å². The minimum atomic E-state index is -2.81. The minimum Gasteiger partial charge on any atom is -0.309 e. The molecule has 0 saturated carbocycles. The van der Waals surface area contributed by atoms with Crippen LogP contribution in [0, 0.1) is 0 Å². The predicted molar refractivity (Wildman–Crippen MR) is 64.5 cm³/mol. The van der Waals surface area contributed by atoms with E-state index in [0.29, 0.717) is 6.61 Å². The summed E-state index contributed by atoms with van der Waals surface area (Å²) in [6.45, 7) is 8.06. The maximum absolute atomic E-state index is 11.8. The Morgan fingerprint density at radius 1 is 1.20 bits per heavy atom. The summed E-state index contributed by atoms with van der Waals surface area (Å²) in [6.07, 6.45) is 5.51. The lowest BCUT2D eigenvalue weighted by atomic mass is 10.1. The molecule has 0 fully saturated rings. The van der Waals surface area contributed by atoms with Gasteiger partial charge in [0.15, 0.2) is 0 Å². The standard InChI is InChI=1S/C11H25O3P/c1-5-8-9-10-11(6-2)14-15(4,12)13-7-3/h11H,5-10H2,1-4H3. The van der Waals surface area contributed by atoms with E-state index in [0.717, 1.165) is 19.3 Å². The first-order chi connectivity index (χ1) is 7.05. The van der Waals surface area contributed by atoms with Crippen molar-refractivity contribution in [2.75, 3.05) is 13.3 Å². The Bertz CT molecular complexity index is 194. The van der Waals surface area contributed by atoms with Crippen molar-refractivity contribution >= 4 is 7.60 Å². The van der Waals surface area contributed by atoms with Crippen LogP contribution < -0.4 is 0 Å². The molecule has 0 aromatic carbocycles. The maximum Gasteiger partial charge on any atom is 0.327 e. The van der Waals surface area contributed by atoms with Crippen molar-refractivity contribution in [3.05, 3.63) is 0 Å². The van der Waals surface area contributed by atoms with E-state index in [2.05, 4.69) is 13.8 Å². The highest BCUT2D eigenvalue weighted by atomic mass is 31.2. The van der Waals surface area contributed by atoms with Crippen LogP contribution in [-0.4, -0.2) is 19.4 Å². The Morgan fingerprint density at radius 3 is 2.33 bits per heavy atom. The van der Waals surface area contributed by atoms with Crippen molar-refractivity contribution < 1.29 is 13.6 Å². The second-order valence-corrected chi connectivity index (χ2v) is 5.83. The molecule has 2 unspecified atom stereocenters. The molecule has 0 radical (unpaired) electrons. The molecule has 3 nitrogen and oxygen atoms in total. The molecular formula is C11H25O3P. The molecule has 0 spiro atoms. The molecule has 4 heteroatoms. The second-order valence-electron chi connectivity index (χ2n) is 3.82. The van der Waals surface area contributed by atoms with Gasteiger partial charge in [0.05, 0.1) is 12.7 Å². The molecule has 0 aromatic rings. The lowest BCUT2D eigenvalue weighted by molar-refractivity contribution is 0.141. The smallest absolute Gasteiger partial charge is 0.309 e. The fraction of sp³-hybridized carbons (Fsp3) is 1.00. The summed E-state index contributed by atoms with van der Waals surface area (Å²) >= 11 is 0. The lowest BCUT2D eigenvalue weighted by Gasteiger charge is -2.20. The van der Waals surface area contributed by atoms with Gasteiger partial charge >= 0.3 is 7.60 Å². The van der Waals surface area contributed by atoms with Gasteiger partial charge in [-0.2, -0.15) is 0 Å². The van der Waals surface area contributed by atoms with E-state index in [1.54, 1.807) is 6.66 Å². The molecule has 0 aliphatic heterocycles. The monoisotopic (exact) mass is 236 g/mol. The molecule has 0 N–H and O–H groups in total. The highest BCUT2D eigenvalue weighted by molar-refractivity contribution is 7.53. The summed E-state index contributed by atoms with van der Waals surface area (Å²) in [4.78, 5) is 0. The third-order valence-electron chi connectivity index (χ3n) is 2.29. The van der Waals surface area contributed by atoms with Crippen molar-refractivity contribution in [2.24, 2.45) is 0 Å². The van der Waals surface area contributed by atoms with Crippen molar-refractivity contribution in [1.29, 1.82) is 0 Å². The zero-order chi connectivity index (χ0) is 11.7. The first-order valence-electron chi connectivity index (χ1n) is 5.96. The van der Waals surface area contributed by atoms with E-state index >= 15 is 0 Å². The van der Waals surface area contributed by atoms with Crippen LogP contribution in [0.2, 0.25) is 0 Å². The van der Waals surface area contributed by atoms with Gasteiger partial charge in [0.25, 0.3) is 0 Å². The van der Waals surface area contributed by atoms with Gasteiger partial charge in [-0.3, -0.25) is 4.57 Å². The number of unbranched alkanes of at least 4 members (excludes halogenated alkanes) is 2.